The minimum atomic E-state index is -1.39. The fourth-order valence-electron chi connectivity index (χ4n) is 4.44. The van der Waals surface area contributed by atoms with Crippen LogP contribution in [-0.2, 0) is 19.2 Å². The first-order valence-corrected chi connectivity index (χ1v) is 13.2. The predicted molar refractivity (Wildman–Crippen MR) is 138 cm³/mol. The molecule has 0 aliphatic carbocycles. The van der Waals surface area contributed by atoms with Crippen molar-refractivity contribution in [3.63, 3.8) is 0 Å². The number of hydrogen-bond donors (Lipinski definition) is 5. The van der Waals surface area contributed by atoms with Crippen LogP contribution in [0.2, 0.25) is 0 Å². The Bertz CT molecular complexity index is 1520. The van der Waals surface area contributed by atoms with Gasteiger partial charge >= 0.3 is 5.97 Å². The average Bonchev–Trinajstić information content (AvgIpc) is 3.49. The third kappa shape index (κ3) is 4.57. The number of anilines is 2. The number of fused-ring (bicyclic) bond motifs is 1. The van der Waals surface area contributed by atoms with Crippen molar-refractivity contribution in [2.45, 2.75) is 17.8 Å². The number of aliphatic carboxylic acids is 1. The summed E-state index contributed by atoms with van der Waals surface area (Å²) in [5.41, 5.74) is 5.56. The molecule has 5 rings (SSSR count). The number of benzene rings is 1. The molecule has 3 aliphatic heterocycles. The first kappa shape index (κ1) is 26.2. The summed E-state index contributed by atoms with van der Waals surface area (Å²) in [7, 11) is 0. The number of carboxylic acids is 1. The lowest BCUT2D eigenvalue weighted by Crippen LogP contribution is -2.71. The zero-order valence-corrected chi connectivity index (χ0v) is 21.3. The highest BCUT2D eigenvalue weighted by molar-refractivity contribution is 8.00. The molecule has 0 saturated carbocycles. The molecule has 2 fully saturated rings. The number of carbonyl (C=O) groups excluding carboxylic acids is 3. The summed E-state index contributed by atoms with van der Waals surface area (Å²) in [5, 5.41) is 34.8. The van der Waals surface area contributed by atoms with Gasteiger partial charge in [0.1, 0.15) is 22.8 Å². The summed E-state index contributed by atoms with van der Waals surface area (Å²) in [6.07, 6.45) is 1.68. The number of allylic oxidation sites excluding steroid dienone is 1. The fraction of sp³-hybridized carbons (Fsp3) is 0.217. The van der Waals surface area contributed by atoms with Crippen LogP contribution in [0.15, 0.2) is 51.7 Å². The van der Waals surface area contributed by atoms with Crippen molar-refractivity contribution in [3.05, 3.63) is 58.0 Å². The first-order chi connectivity index (χ1) is 18.6. The highest BCUT2D eigenvalue weighted by atomic mass is 32.2. The normalized spacial score (nSPS) is 22.3. The van der Waals surface area contributed by atoms with Gasteiger partial charge in [-0.3, -0.25) is 19.3 Å². The smallest absolute Gasteiger partial charge is 0.352 e. The minimum Gasteiger partial charge on any atom is -0.505 e. The lowest BCUT2D eigenvalue weighted by atomic mass is 10.0. The number of amides is 3. The van der Waals surface area contributed by atoms with E-state index in [0.29, 0.717) is 0 Å². The molecule has 4 heterocycles. The van der Waals surface area contributed by atoms with Crippen LogP contribution in [0.3, 0.4) is 0 Å². The highest BCUT2D eigenvalue weighted by Crippen LogP contribution is 2.41. The van der Waals surface area contributed by atoms with Crippen molar-refractivity contribution in [1.82, 2.24) is 15.2 Å². The number of carbonyl (C=O) groups is 4. The van der Waals surface area contributed by atoms with Crippen LogP contribution in [0.1, 0.15) is 12.1 Å². The second kappa shape index (κ2) is 10.0. The van der Waals surface area contributed by atoms with Crippen LogP contribution < -0.4 is 16.0 Å². The van der Waals surface area contributed by atoms with Crippen molar-refractivity contribution >= 4 is 63.3 Å². The van der Waals surface area contributed by atoms with E-state index in [1.54, 1.807) is 0 Å². The number of β-lactam (4-membered cyclic amide) rings is 1. The summed E-state index contributed by atoms with van der Waals surface area (Å²) in [5.74, 6) is -4.73. The Kier molecular flexibility index (Phi) is 6.73. The van der Waals surface area contributed by atoms with E-state index in [4.69, 9.17) is 5.73 Å². The van der Waals surface area contributed by atoms with Gasteiger partial charge in [-0.25, -0.2) is 14.2 Å². The zero-order chi connectivity index (χ0) is 28.0. The van der Waals surface area contributed by atoms with Gasteiger partial charge in [-0.1, -0.05) is 5.16 Å². The molecule has 6 N–H and O–H groups in total. The van der Waals surface area contributed by atoms with Crippen LogP contribution in [0.4, 0.5) is 15.2 Å². The molecule has 0 bridgehead atoms. The topological polar surface area (TPSA) is 199 Å². The number of rotatable bonds is 6. The second-order valence-electron chi connectivity index (χ2n) is 8.57. The molecule has 2 aromatic rings. The summed E-state index contributed by atoms with van der Waals surface area (Å²) in [6.45, 7) is 0.219. The number of phenolic OH excluding ortho intramolecular Hbond substituents is 1. The fourth-order valence-corrected chi connectivity index (χ4v) is 6.29. The molecule has 0 radical (unpaired) electrons. The number of thiazole rings is 1. The van der Waals surface area contributed by atoms with Gasteiger partial charge in [0.15, 0.2) is 22.4 Å². The molecule has 16 heteroatoms. The number of hydrogen-bond acceptors (Lipinski definition) is 11. The average molecular weight is 575 g/mol. The SMILES string of the molecule is Nc1nc(/C(=N/O)C(=O)N[C@@H]2C(=O)N3C(C(=O)O)=C(/C=C4\CCN(c5ccc(O)c(F)c5)C4=O)CS[C@H]23)cs1. The van der Waals surface area contributed by atoms with Gasteiger partial charge in [-0.15, -0.1) is 23.1 Å². The van der Waals surface area contributed by atoms with Crippen molar-refractivity contribution in [2.75, 3.05) is 22.9 Å². The Hall–Kier alpha value is -4.44. The lowest BCUT2D eigenvalue weighted by Gasteiger charge is -2.49. The number of nitrogens with one attached hydrogen (secondary N) is 1. The van der Waals surface area contributed by atoms with Gasteiger partial charge in [0.05, 0.1) is 0 Å². The largest absolute Gasteiger partial charge is 0.505 e. The van der Waals surface area contributed by atoms with Crippen molar-refractivity contribution < 1.29 is 39.0 Å². The third-order valence-electron chi connectivity index (χ3n) is 6.28. The molecule has 1 aromatic carbocycles. The summed E-state index contributed by atoms with van der Waals surface area (Å²) in [4.78, 5) is 57.0. The Labute approximate surface area is 227 Å². The number of oxime groups is 1. The molecule has 2 saturated heterocycles. The number of phenols is 1. The Morgan fingerprint density at radius 2 is 2.08 bits per heavy atom. The number of nitrogen functional groups attached to an aromatic ring is 1. The summed E-state index contributed by atoms with van der Waals surface area (Å²) >= 11 is 2.21. The first-order valence-electron chi connectivity index (χ1n) is 11.3. The van der Waals surface area contributed by atoms with Crippen molar-refractivity contribution in [2.24, 2.45) is 5.16 Å². The van der Waals surface area contributed by atoms with E-state index in [1.807, 2.05) is 0 Å². The van der Waals surface area contributed by atoms with E-state index >= 15 is 0 Å². The van der Waals surface area contributed by atoms with Crippen molar-refractivity contribution in [3.8, 4) is 5.75 Å². The molecule has 3 aliphatic rings. The maximum absolute atomic E-state index is 13.8. The molecule has 39 heavy (non-hydrogen) atoms. The van der Waals surface area contributed by atoms with Gasteiger partial charge in [-0.2, -0.15) is 0 Å². The van der Waals surface area contributed by atoms with Gasteiger partial charge < -0.3 is 31.4 Å². The van der Waals surface area contributed by atoms with Crippen LogP contribution in [0, 0.1) is 5.82 Å². The van der Waals surface area contributed by atoms with Gasteiger partial charge in [0, 0.05) is 35.0 Å². The molecule has 2 atom stereocenters. The van der Waals surface area contributed by atoms with Crippen molar-refractivity contribution in [1.29, 1.82) is 0 Å². The quantitative estimate of drug-likeness (QED) is 0.108. The number of carboxylic acid groups (broad SMARTS) is 1. The number of thioether (sulfide) groups is 1. The van der Waals surface area contributed by atoms with Gasteiger partial charge in [-0.05, 0) is 30.2 Å². The zero-order valence-electron chi connectivity index (χ0n) is 19.7. The lowest BCUT2D eigenvalue weighted by molar-refractivity contribution is -0.150. The van der Waals surface area contributed by atoms with Crippen LogP contribution in [-0.4, -0.2) is 78.4 Å². The number of aromatic hydroxyl groups is 1. The van der Waals surface area contributed by atoms with Gasteiger partial charge in [0.25, 0.3) is 17.7 Å². The molecule has 202 valence electrons. The van der Waals surface area contributed by atoms with E-state index in [-0.39, 0.29) is 52.1 Å². The Balaban J connectivity index is 1.35. The summed E-state index contributed by atoms with van der Waals surface area (Å²) in [6, 6.07) is 2.47. The second-order valence-corrected chi connectivity index (χ2v) is 10.6. The standard InChI is InChI=1S/C23H19FN6O7S2/c24-12-6-11(1-2-14(12)31)29-4-3-9(19(29)33)5-10-7-38-21-16(20(34)30(21)17(10)22(35)36)27-18(32)15(28-37)13-8-39-23(25)26-13/h1-2,5-6,8,16,21,31,37H,3-4,7H2,(H2,25,26)(H,27,32)(H,35,36)/b9-5+,28-15-/t16-,21-/m1/s1. The van der Waals surface area contributed by atoms with E-state index < -0.39 is 52.4 Å². The van der Waals surface area contributed by atoms with Crippen LogP contribution in [0.5, 0.6) is 5.75 Å². The molecule has 1 aromatic heterocycles. The monoisotopic (exact) mass is 574 g/mol. The number of aromatic nitrogens is 1. The van der Waals surface area contributed by atoms with Crippen LogP contribution in [0.25, 0.3) is 0 Å². The highest BCUT2D eigenvalue weighted by Gasteiger charge is 2.54. The van der Waals surface area contributed by atoms with E-state index in [2.05, 4.69) is 15.5 Å². The molecule has 0 unspecified atom stereocenters. The predicted octanol–water partition coefficient (Wildman–Crippen LogP) is 0.850. The maximum atomic E-state index is 13.8. The van der Waals surface area contributed by atoms with Gasteiger partial charge in [0.2, 0.25) is 0 Å². The molecule has 13 nitrogen and oxygen atoms in total. The van der Waals surface area contributed by atoms with E-state index in [0.717, 1.165) is 28.4 Å². The molecule has 0 spiro atoms. The minimum absolute atomic E-state index is 0.0165. The maximum Gasteiger partial charge on any atom is 0.352 e. The molecular weight excluding hydrogens is 555 g/mol. The number of nitrogens with two attached hydrogens (primary N) is 1. The number of nitrogens with zero attached hydrogens (tertiary/aromatic N) is 4. The molecule has 3 amide bonds. The molecular formula is C23H19FN6O7S2. The number of halogens is 1. The summed E-state index contributed by atoms with van der Waals surface area (Å²) < 4.78 is 13.8. The third-order valence-corrected chi connectivity index (χ3v) is 8.26. The Morgan fingerprint density at radius 1 is 1.31 bits per heavy atom. The van der Waals surface area contributed by atoms with Crippen LogP contribution >= 0.6 is 23.1 Å². The van der Waals surface area contributed by atoms with E-state index in [9.17, 15) is 39.0 Å². The van der Waals surface area contributed by atoms with E-state index in [1.165, 1.54) is 34.2 Å². The Morgan fingerprint density at radius 3 is 2.72 bits per heavy atom.